The van der Waals surface area contributed by atoms with Gasteiger partial charge in [0.2, 0.25) is 5.91 Å². The van der Waals surface area contributed by atoms with Gasteiger partial charge in [-0.15, -0.1) is 0 Å². The fourth-order valence-corrected chi connectivity index (χ4v) is 2.76. The SMILES string of the molecule is CNCC(C)CNC(=O)C1CCc2ccccc2C1. The molecular formula is C16H24N2O. The fourth-order valence-electron chi connectivity index (χ4n) is 2.76. The van der Waals surface area contributed by atoms with Crippen molar-refractivity contribution in [2.24, 2.45) is 11.8 Å². The molecule has 0 aromatic heterocycles. The average molecular weight is 260 g/mol. The normalized spacial score (nSPS) is 19.6. The van der Waals surface area contributed by atoms with Gasteiger partial charge in [-0.2, -0.15) is 0 Å². The molecule has 2 unspecified atom stereocenters. The molecule has 0 bridgehead atoms. The van der Waals surface area contributed by atoms with Crippen LogP contribution in [0.25, 0.3) is 0 Å². The summed E-state index contributed by atoms with van der Waals surface area (Å²) in [7, 11) is 1.94. The van der Waals surface area contributed by atoms with Crippen LogP contribution >= 0.6 is 0 Å². The summed E-state index contributed by atoms with van der Waals surface area (Å²) in [5.74, 6) is 0.846. The van der Waals surface area contributed by atoms with Gasteiger partial charge in [-0.25, -0.2) is 0 Å². The van der Waals surface area contributed by atoms with Crippen molar-refractivity contribution in [2.75, 3.05) is 20.1 Å². The first kappa shape index (κ1) is 14.1. The highest BCUT2D eigenvalue weighted by atomic mass is 16.1. The minimum Gasteiger partial charge on any atom is -0.356 e. The summed E-state index contributed by atoms with van der Waals surface area (Å²) in [4.78, 5) is 12.2. The van der Waals surface area contributed by atoms with E-state index in [1.165, 1.54) is 11.1 Å². The summed E-state index contributed by atoms with van der Waals surface area (Å²) < 4.78 is 0. The van der Waals surface area contributed by atoms with Crippen molar-refractivity contribution in [1.82, 2.24) is 10.6 Å². The molecule has 1 aromatic carbocycles. The molecule has 0 fully saturated rings. The van der Waals surface area contributed by atoms with E-state index >= 15 is 0 Å². The second-order valence-corrected chi connectivity index (χ2v) is 5.62. The molecule has 0 spiro atoms. The molecule has 2 atom stereocenters. The van der Waals surface area contributed by atoms with Crippen LogP contribution in [0.4, 0.5) is 0 Å². The lowest BCUT2D eigenvalue weighted by Gasteiger charge is -2.24. The smallest absolute Gasteiger partial charge is 0.223 e. The summed E-state index contributed by atoms with van der Waals surface area (Å²) >= 11 is 0. The van der Waals surface area contributed by atoms with Crippen LogP contribution < -0.4 is 10.6 Å². The third-order valence-electron chi connectivity index (χ3n) is 3.89. The van der Waals surface area contributed by atoms with Gasteiger partial charge in [-0.3, -0.25) is 4.79 Å². The summed E-state index contributed by atoms with van der Waals surface area (Å²) in [6.07, 6.45) is 2.89. The summed E-state index contributed by atoms with van der Waals surface area (Å²) in [5, 5.41) is 6.22. The van der Waals surface area contributed by atoms with Gasteiger partial charge in [-0.1, -0.05) is 31.2 Å². The molecule has 3 nitrogen and oxygen atoms in total. The summed E-state index contributed by atoms with van der Waals surface area (Å²) in [6.45, 7) is 3.85. The highest BCUT2D eigenvalue weighted by Gasteiger charge is 2.24. The van der Waals surface area contributed by atoms with Crippen molar-refractivity contribution in [1.29, 1.82) is 0 Å². The predicted octanol–water partition coefficient (Wildman–Crippen LogP) is 1.76. The molecule has 2 rings (SSSR count). The first-order chi connectivity index (χ1) is 9.20. The largest absolute Gasteiger partial charge is 0.356 e. The Kier molecular flexibility index (Phi) is 4.97. The van der Waals surface area contributed by atoms with Gasteiger partial charge in [0.15, 0.2) is 0 Å². The van der Waals surface area contributed by atoms with Crippen molar-refractivity contribution in [2.45, 2.75) is 26.2 Å². The molecule has 1 aromatic rings. The predicted molar refractivity (Wildman–Crippen MR) is 78.1 cm³/mol. The zero-order valence-electron chi connectivity index (χ0n) is 11.9. The van der Waals surface area contributed by atoms with Gasteiger partial charge in [-0.05, 0) is 49.9 Å². The Bertz CT molecular complexity index is 431. The third kappa shape index (κ3) is 3.80. The zero-order valence-corrected chi connectivity index (χ0v) is 11.9. The van der Waals surface area contributed by atoms with E-state index in [0.717, 1.165) is 32.4 Å². The summed E-state index contributed by atoms with van der Waals surface area (Å²) in [5.41, 5.74) is 2.76. The number of carbonyl (C=O) groups excluding carboxylic acids is 1. The second kappa shape index (κ2) is 6.71. The Morgan fingerprint density at radius 1 is 1.32 bits per heavy atom. The average Bonchev–Trinajstić information content (AvgIpc) is 2.44. The number of fused-ring (bicyclic) bond motifs is 1. The van der Waals surface area contributed by atoms with Gasteiger partial charge in [0.25, 0.3) is 0 Å². The maximum absolute atomic E-state index is 12.2. The number of hydrogen-bond acceptors (Lipinski definition) is 2. The lowest BCUT2D eigenvalue weighted by Crippen LogP contribution is -2.38. The number of nitrogens with one attached hydrogen (secondary N) is 2. The molecule has 19 heavy (non-hydrogen) atoms. The zero-order chi connectivity index (χ0) is 13.7. The molecule has 104 valence electrons. The Morgan fingerprint density at radius 3 is 2.79 bits per heavy atom. The second-order valence-electron chi connectivity index (χ2n) is 5.62. The number of aryl methyl sites for hydroxylation is 1. The molecule has 0 radical (unpaired) electrons. The van der Waals surface area contributed by atoms with Crippen molar-refractivity contribution < 1.29 is 4.79 Å². The topological polar surface area (TPSA) is 41.1 Å². The van der Waals surface area contributed by atoms with Crippen LogP contribution in [-0.4, -0.2) is 26.0 Å². The molecular weight excluding hydrogens is 236 g/mol. The Labute approximate surface area is 115 Å². The lowest BCUT2D eigenvalue weighted by molar-refractivity contribution is -0.125. The molecule has 0 saturated heterocycles. The van der Waals surface area contributed by atoms with Gasteiger partial charge >= 0.3 is 0 Å². The van der Waals surface area contributed by atoms with Crippen LogP contribution in [0, 0.1) is 11.8 Å². The Balaban J connectivity index is 1.85. The number of carbonyl (C=O) groups is 1. The highest BCUT2D eigenvalue weighted by molar-refractivity contribution is 5.79. The van der Waals surface area contributed by atoms with E-state index in [1.807, 2.05) is 7.05 Å². The first-order valence-corrected chi connectivity index (χ1v) is 7.19. The molecule has 0 heterocycles. The van der Waals surface area contributed by atoms with Crippen LogP contribution in [0.1, 0.15) is 24.5 Å². The maximum atomic E-state index is 12.2. The lowest BCUT2D eigenvalue weighted by atomic mass is 9.83. The molecule has 0 saturated carbocycles. The maximum Gasteiger partial charge on any atom is 0.223 e. The van der Waals surface area contributed by atoms with Crippen LogP contribution in [0.3, 0.4) is 0 Å². The van der Waals surface area contributed by atoms with E-state index in [9.17, 15) is 4.79 Å². The van der Waals surface area contributed by atoms with Gasteiger partial charge in [0, 0.05) is 12.5 Å². The van der Waals surface area contributed by atoms with Crippen LogP contribution in [0.15, 0.2) is 24.3 Å². The van der Waals surface area contributed by atoms with E-state index in [0.29, 0.717) is 5.92 Å². The van der Waals surface area contributed by atoms with Crippen molar-refractivity contribution in [3.05, 3.63) is 35.4 Å². The van der Waals surface area contributed by atoms with E-state index in [1.54, 1.807) is 0 Å². The molecule has 1 aliphatic rings. The van der Waals surface area contributed by atoms with Crippen molar-refractivity contribution in [3.63, 3.8) is 0 Å². The van der Waals surface area contributed by atoms with Crippen LogP contribution in [-0.2, 0) is 17.6 Å². The van der Waals surface area contributed by atoms with Gasteiger partial charge < -0.3 is 10.6 Å². The highest BCUT2D eigenvalue weighted by Crippen LogP contribution is 2.25. The minimum atomic E-state index is 0.150. The van der Waals surface area contributed by atoms with E-state index in [-0.39, 0.29) is 11.8 Å². The van der Waals surface area contributed by atoms with Gasteiger partial charge in [0.05, 0.1) is 0 Å². The standard InChI is InChI=1S/C16H24N2O/c1-12(10-17-2)11-18-16(19)15-8-7-13-5-3-4-6-14(13)9-15/h3-6,12,15,17H,7-11H2,1-2H3,(H,18,19). The van der Waals surface area contributed by atoms with Crippen LogP contribution in [0.2, 0.25) is 0 Å². The van der Waals surface area contributed by atoms with Gasteiger partial charge in [0.1, 0.15) is 0 Å². The monoisotopic (exact) mass is 260 g/mol. The number of hydrogen-bond donors (Lipinski definition) is 2. The molecule has 1 aliphatic carbocycles. The Hall–Kier alpha value is -1.35. The fraction of sp³-hybridized carbons (Fsp3) is 0.562. The van der Waals surface area contributed by atoms with E-state index in [4.69, 9.17) is 0 Å². The molecule has 2 N–H and O–H groups in total. The quantitative estimate of drug-likeness (QED) is 0.847. The molecule has 0 aliphatic heterocycles. The molecule has 1 amide bonds. The van der Waals surface area contributed by atoms with E-state index < -0.39 is 0 Å². The van der Waals surface area contributed by atoms with E-state index in [2.05, 4.69) is 41.8 Å². The summed E-state index contributed by atoms with van der Waals surface area (Å²) in [6, 6.07) is 8.48. The van der Waals surface area contributed by atoms with Crippen molar-refractivity contribution >= 4 is 5.91 Å². The Morgan fingerprint density at radius 2 is 2.05 bits per heavy atom. The number of amides is 1. The number of rotatable bonds is 5. The third-order valence-corrected chi connectivity index (χ3v) is 3.89. The van der Waals surface area contributed by atoms with Crippen LogP contribution in [0.5, 0.6) is 0 Å². The molecule has 3 heteroatoms. The first-order valence-electron chi connectivity index (χ1n) is 7.19. The number of benzene rings is 1. The van der Waals surface area contributed by atoms with Crippen molar-refractivity contribution in [3.8, 4) is 0 Å². The minimum absolute atomic E-state index is 0.150.